The van der Waals surface area contributed by atoms with Crippen LogP contribution in [0.25, 0.3) is 0 Å². The average molecular weight is 536 g/mol. The third kappa shape index (κ3) is 4.58. The number of anilines is 1. The van der Waals surface area contributed by atoms with Gasteiger partial charge in [-0.15, -0.1) is 0 Å². The highest BCUT2D eigenvalue weighted by molar-refractivity contribution is 9.11. The van der Waals surface area contributed by atoms with Gasteiger partial charge >= 0.3 is 0 Å². The largest absolute Gasteiger partial charge is 0.494 e. The Morgan fingerprint density at radius 1 is 1.00 bits per heavy atom. The summed E-state index contributed by atoms with van der Waals surface area (Å²) in [5, 5.41) is 0. The number of rotatable bonds is 5. The number of hydrogen-bond acceptors (Lipinski definition) is 3. The third-order valence-corrected chi connectivity index (χ3v) is 8.05. The van der Waals surface area contributed by atoms with Crippen LogP contribution >= 0.6 is 31.9 Å². The summed E-state index contributed by atoms with van der Waals surface area (Å²) in [7, 11) is 0. The first-order valence-electron chi connectivity index (χ1n) is 11.2. The minimum absolute atomic E-state index is 0.142. The Morgan fingerprint density at radius 2 is 1.73 bits per heavy atom. The van der Waals surface area contributed by atoms with Crippen LogP contribution in [0.2, 0.25) is 0 Å². The van der Waals surface area contributed by atoms with E-state index in [9.17, 15) is 0 Å². The first-order chi connectivity index (χ1) is 14.5. The van der Waals surface area contributed by atoms with Gasteiger partial charge in [0.2, 0.25) is 0 Å². The zero-order valence-corrected chi connectivity index (χ0v) is 21.2. The molecule has 1 saturated carbocycles. The lowest BCUT2D eigenvalue weighted by molar-refractivity contribution is 0.0297. The van der Waals surface area contributed by atoms with E-state index in [0.29, 0.717) is 6.61 Å². The maximum Gasteiger partial charge on any atom is 0.119 e. The first-order valence-corrected chi connectivity index (χ1v) is 12.8. The first kappa shape index (κ1) is 22.2. The molecule has 0 aromatic heterocycles. The van der Waals surface area contributed by atoms with Crippen molar-refractivity contribution in [1.82, 2.24) is 4.90 Å². The molecule has 2 fully saturated rings. The number of ether oxygens (including phenoxy) is 1. The highest BCUT2D eigenvalue weighted by Crippen LogP contribution is 2.45. The molecular formula is C25H32Br2N2O. The van der Waals surface area contributed by atoms with Crippen LogP contribution in [0.1, 0.15) is 45.1 Å². The second kappa shape index (κ2) is 9.62. The molecule has 0 unspecified atom stereocenters. The minimum Gasteiger partial charge on any atom is -0.494 e. The molecule has 0 bridgehead atoms. The predicted octanol–water partition coefficient (Wildman–Crippen LogP) is 6.84. The van der Waals surface area contributed by atoms with Crippen LogP contribution in [0, 0.1) is 5.92 Å². The van der Waals surface area contributed by atoms with Gasteiger partial charge in [-0.3, -0.25) is 4.90 Å². The maximum absolute atomic E-state index is 5.85. The van der Waals surface area contributed by atoms with Gasteiger partial charge in [0, 0.05) is 40.7 Å². The van der Waals surface area contributed by atoms with Crippen LogP contribution in [-0.2, 0) is 5.54 Å². The summed E-state index contributed by atoms with van der Waals surface area (Å²) in [6, 6.07) is 15.4. The Labute approximate surface area is 198 Å². The molecule has 162 valence electrons. The number of halogens is 2. The second-order valence-corrected chi connectivity index (χ2v) is 10.5. The van der Waals surface area contributed by atoms with Crippen molar-refractivity contribution < 1.29 is 4.74 Å². The average Bonchev–Trinajstić information content (AvgIpc) is 2.75. The smallest absolute Gasteiger partial charge is 0.119 e. The number of hydrogen-bond donors (Lipinski definition) is 0. The van der Waals surface area contributed by atoms with Crippen molar-refractivity contribution >= 4 is 37.5 Å². The van der Waals surface area contributed by atoms with Gasteiger partial charge in [0.1, 0.15) is 5.75 Å². The van der Waals surface area contributed by atoms with E-state index in [1.807, 2.05) is 0 Å². The van der Waals surface area contributed by atoms with E-state index < -0.39 is 0 Å². The quantitative estimate of drug-likeness (QED) is 0.417. The van der Waals surface area contributed by atoms with Crippen molar-refractivity contribution in [1.29, 1.82) is 0 Å². The topological polar surface area (TPSA) is 15.7 Å². The molecule has 1 aliphatic heterocycles. The molecule has 5 heteroatoms. The molecule has 1 aliphatic carbocycles. The number of piperazine rings is 1. The Bertz CT molecular complexity index is 856. The van der Waals surface area contributed by atoms with Crippen molar-refractivity contribution in [2.75, 3.05) is 37.7 Å². The van der Waals surface area contributed by atoms with Crippen molar-refractivity contribution in [3.63, 3.8) is 0 Å². The standard InChI is InChI=1S/C25H32Br2N2O/c1-3-30-22-6-4-5-20(17-22)25(11-9-19(2)10-12-25)29-15-13-28(14-16-29)24-8-7-21(26)18-23(24)27/h4-8,17-19H,3,9-16H2,1-2H3. The normalized spacial score (nSPS) is 25.3. The van der Waals surface area contributed by atoms with E-state index >= 15 is 0 Å². The lowest BCUT2D eigenvalue weighted by atomic mass is 9.71. The van der Waals surface area contributed by atoms with Crippen molar-refractivity contribution in [3.8, 4) is 5.75 Å². The summed E-state index contributed by atoms with van der Waals surface area (Å²) in [6.45, 7) is 9.48. The summed E-state index contributed by atoms with van der Waals surface area (Å²) in [5.74, 6) is 1.83. The SMILES string of the molecule is CCOc1cccc(C2(N3CCN(c4ccc(Br)cc4Br)CC3)CCC(C)CC2)c1. The van der Waals surface area contributed by atoms with Crippen LogP contribution in [0.4, 0.5) is 5.69 Å². The number of benzene rings is 2. The lowest BCUT2D eigenvalue weighted by Gasteiger charge is -2.51. The summed E-state index contributed by atoms with van der Waals surface area (Å²) in [5.41, 5.74) is 2.88. The van der Waals surface area contributed by atoms with E-state index in [1.54, 1.807) is 0 Å². The van der Waals surface area contributed by atoms with E-state index in [4.69, 9.17) is 4.74 Å². The lowest BCUT2D eigenvalue weighted by Crippen LogP contribution is -2.56. The molecule has 1 saturated heterocycles. The van der Waals surface area contributed by atoms with Gasteiger partial charge in [-0.2, -0.15) is 0 Å². The molecule has 1 heterocycles. The maximum atomic E-state index is 5.85. The highest BCUT2D eigenvalue weighted by atomic mass is 79.9. The molecule has 0 radical (unpaired) electrons. The van der Waals surface area contributed by atoms with Gasteiger partial charge < -0.3 is 9.64 Å². The highest BCUT2D eigenvalue weighted by Gasteiger charge is 2.42. The Balaban J connectivity index is 1.56. The molecule has 30 heavy (non-hydrogen) atoms. The van der Waals surface area contributed by atoms with Crippen LogP contribution in [0.5, 0.6) is 5.75 Å². The zero-order chi connectivity index (χ0) is 21.1. The molecule has 0 amide bonds. The van der Waals surface area contributed by atoms with Gasteiger partial charge in [0.25, 0.3) is 0 Å². The molecule has 2 aliphatic rings. The molecule has 0 atom stereocenters. The molecular weight excluding hydrogens is 504 g/mol. The second-order valence-electron chi connectivity index (χ2n) is 8.74. The van der Waals surface area contributed by atoms with E-state index in [2.05, 4.69) is 98.0 Å². The van der Waals surface area contributed by atoms with Gasteiger partial charge in [0.05, 0.1) is 12.3 Å². The predicted molar refractivity (Wildman–Crippen MR) is 133 cm³/mol. The van der Waals surface area contributed by atoms with Crippen molar-refractivity contribution in [2.24, 2.45) is 5.92 Å². The number of nitrogens with zero attached hydrogens (tertiary/aromatic N) is 2. The minimum atomic E-state index is 0.142. The molecule has 0 spiro atoms. The fraction of sp³-hybridized carbons (Fsp3) is 0.520. The van der Waals surface area contributed by atoms with Crippen LogP contribution in [-0.4, -0.2) is 37.7 Å². The molecule has 3 nitrogen and oxygen atoms in total. The van der Waals surface area contributed by atoms with Crippen LogP contribution < -0.4 is 9.64 Å². The fourth-order valence-corrected chi connectivity index (χ4v) is 6.48. The molecule has 4 rings (SSSR count). The summed E-state index contributed by atoms with van der Waals surface area (Å²) < 4.78 is 8.13. The molecule has 2 aromatic carbocycles. The fourth-order valence-electron chi connectivity index (χ4n) is 5.18. The van der Waals surface area contributed by atoms with E-state index in [0.717, 1.165) is 46.8 Å². The third-order valence-electron chi connectivity index (χ3n) is 6.92. The van der Waals surface area contributed by atoms with Crippen LogP contribution in [0.3, 0.4) is 0 Å². The Kier molecular flexibility index (Phi) is 7.11. The molecule has 2 aromatic rings. The van der Waals surface area contributed by atoms with Crippen molar-refractivity contribution in [2.45, 2.75) is 45.1 Å². The Hall–Kier alpha value is -1.04. The summed E-state index contributed by atoms with van der Waals surface area (Å²) in [6.07, 6.45) is 5.09. The van der Waals surface area contributed by atoms with Crippen molar-refractivity contribution in [3.05, 3.63) is 57.0 Å². The monoisotopic (exact) mass is 534 g/mol. The summed E-state index contributed by atoms with van der Waals surface area (Å²) >= 11 is 7.32. The summed E-state index contributed by atoms with van der Waals surface area (Å²) in [4.78, 5) is 5.29. The van der Waals surface area contributed by atoms with Gasteiger partial charge in [-0.25, -0.2) is 0 Å². The Morgan fingerprint density at radius 3 is 2.40 bits per heavy atom. The van der Waals surface area contributed by atoms with Gasteiger partial charge in [0.15, 0.2) is 0 Å². The zero-order valence-electron chi connectivity index (χ0n) is 18.0. The van der Waals surface area contributed by atoms with E-state index in [1.165, 1.54) is 36.9 Å². The molecule has 0 N–H and O–H groups in total. The van der Waals surface area contributed by atoms with Crippen LogP contribution in [0.15, 0.2) is 51.4 Å². The van der Waals surface area contributed by atoms with Gasteiger partial charge in [-0.05, 0) is 90.4 Å². The van der Waals surface area contributed by atoms with E-state index in [-0.39, 0.29) is 5.54 Å². The van der Waals surface area contributed by atoms with Gasteiger partial charge in [-0.1, -0.05) is 35.0 Å².